The van der Waals surface area contributed by atoms with E-state index in [1.54, 1.807) is 6.07 Å². The van der Waals surface area contributed by atoms with Gasteiger partial charge in [-0.15, -0.1) is 0 Å². The smallest absolute Gasteiger partial charge is 0.341 e. The lowest BCUT2D eigenvalue weighted by molar-refractivity contribution is 0.0497. The molecule has 0 aliphatic rings. The van der Waals surface area contributed by atoms with Crippen LogP contribution in [0.1, 0.15) is 81.5 Å². The molecule has 0 saturated carbocycles. The number of hydrogen-bond acceptors (Lipinski definition) is 3. The van der Waals surface area contributed by atoms with E-state index in [-0.39, 0.29) is 5.97 Å². The Morgan fingerprint density at radius 2 is 1.60 bits per heavy atom. The van der Waals surface area contributed by atoms with E-state index in [0.29, 0.717) is 12.2 Å². The summed E-state index contributed by atoms with van der Waals surface area (Å²) in [5, 5.41) is 0. The van der Waals surface area contributed by atoms with Gasteiger partial charge in [0.25, 0.3) is 0 Å². The van der Waals surface area contributed by atoms with E-state index in [2.05, 4.69) is 6.92 Å². The molecule has 0 atom stereocenters. The summed E-state index contributed by atoms with van der Waals surface area (Å²) in [6.07, 6.45) is 15.7. The van der Waals surface area contributed by atoms with Crippen molar-refractivity contribution in [3.8, 4) is 0 Å². The van der Waals surface area contributed by atoms with Crippen molar-refractivity contribution in [2.24, 2.45) is 0 Å². The molecule has 0 radical (unpaired) electrons. The highest BCUT2D eigenvalue weighted by atomic mass is 16.5. The number of rotatable bonds is 12. The van der Waals surface area contributed by atoms with Crippen LogP contribution in [0.3, 0.4) is 0 Å². The van der Waals surface area contributed by atoms with Gasteiger partial charge in [-0.3, -0.25) is 0 Å². The van der Waals surface area contributed by atoms with Gasteiger partial charge in [-0.05, 0) is 12.5 Å². The Bertz CT molecular complexity index is 330. The minimum Gasteiger partial charge on any atom is -0.472 e. The maximum absolute atomic E-state index is 11.5. The molecule has 0 fully saturated rings. The lowest BCUT2D eigenvalue weighted by Crippen LogP contribution is -2.05. The Morgan fingerprint density at radius 1 is 1.00 bits per heavy atom. The molecule has 1 aromatic heterocycles. The number of carbonyl (C=O) groups excluding carboxylic acids is 1. The fourth-order valence-electron chi connectivity index (χ4n) is 2.22. The van der Waals surface area contributed by atoms with Crippen molar-refractivity contribution in [1.29, 1.82) is 0 Å². The van der Waals surface area contributed by atoms with E-state index >= 15 is 0 Å². The molecular formula is C17H28O3. The topological polar surface area (TPSA) is 39.4 Å². The highest BCUT2D eigenvalue weighted by Crippen LogP contribution is 2.10. The van der Waals surface area contributed by atoms with Gasteiger partial charge in [0, 0.05) is 0 Å². The zero-order chi connectivity index (χ0) is 14.5. The molecule has 3 nitrogen and oxygen atoms in total. The molecule has 0 spiro atoms. The quantitative estimate of drug-likeness (QED) is 0.382. The summed E-state index contributed by atoms with van der Waals surface area (Å²) in [7, 11) is 0. The Balaban J connectivity index is 1.82. The Morgan fingerprint density at radius 3 is 2.15 bits per heavy atom. The van der Waals surface area contributed by atoms with Crippen molar-refractivity contribution < 1.29 is 13.9 Å². The van der Waals surface area contributed by atoms with Crippen LogP contribution in [-0.2, 0) is 4.74 Å². The van der Waals surface area contributed by atoms with Gasteiger partial charge in [0.15, 0.2) is 0 Å². The molecule has 1 heterocycles. The maximum Gasteiger partial charge on any atom is 0.341 e. The van der Waals surface area contributed by atoms with Crippen LogP contribution in [0.5, 0.6) is 0 Å². The van der Waals surface area contributed by atoms with Crippen molar-refractivity contribution in [3.63, 3.8) is 0 Å². The first-order valence-corrected chi connectivity index (χ1v) is 8.04. The van der Waals surface area contributed by atoms with E-state index in [1.165, 1.54) is 63.9 Å². The molecule has 0 N–H and O–H groups in total. The predicted molar refractivity (Wildman–Crippen MR) is 80.8 cm³/mol. The predicted octanol–water partition coefficient (Wildman–Crippen LogP) is 5.36. The minimum absolute atomic E-state index is 0.283. The highest BCUT2D eigenvalue weighted by Gasteiger charge is 2.07. The van der Waals surface area contributed by atoms with Crippen molar-refractivity contribution in [1.82, 2.24) is 0 Å². The van der Waals surface area contributed by atoms with Crippen molar-refractivity contribution in [2.75, 3.05) is 6.61 Å². The molecule has 20 heavy (non-hydrogen) atoms. The second-order valence-corrected chi connectivity index (χ2v) is 5.33. The van der Waals surface area contributed by atoms with E-state index in [4.69, 9.17) is 9.15 Å². The van der Waals surface area contributed by atoms with E-state index in [9.17, 15) is 4.79 Å². The lowest BCUT2D eigenvalue weighted by Gasteiger charge is -2.04. The third kappa shape index (κ3) is 8.03. The number of unbranched alkanes of at least 4 members (excludes halogenated alkanes) is 9. The maximum atomic E-state index is 11.5. The normalized spacial score (nSPS) is 10.7. The molecule has 1 aromatic rings. The summed E-state index contributed by atoms with van der Waals surface area (Å²) >= 11 is 0. The number of hydrogen-bond donors (Lipinski definition) is 0. The first-order valence-electron chi connectivity index (χ1n) is 8.04. The molecule has 3 heteroatoms. The Hall–Kier alpha value is -1.25. The van der Waals surface area contributed by atoms with Crippen molar-refractivity contribution in [3.05, 3.63) is 24.2 Å². The molecule has 1 rings (SSSR count). The van der Waals surface area contributed by atoms with Crippen molar-refractivity contribution in [2.45, 2.75) is 71.1 Å². The fourth-order valence-corrected chi connectivity index (χ4v) is 2.22. The van der Waals surface area contributed by atoms with E-state index < -0.39 is 0 Å². The number of carbonyl (C=O) groups is 1. The SMILES string of the molecule is CCCCCCCCCCCCOC(=O)c1ccoc1. The average Bonchev–Trinajstić information content (AvgIpc) is 2.99. The summed E-state index contributed by atoms with van der Waals surface area (Å²) in [5.74, 6) is -0.283. The van der Waals surface area contributed by atoms with Gasteiger partial charge >= 0.3 is 5.97 Å². The van der Waals surface area contributed by atoms with Gasteiger partial charge < -0.3 is 9.15 Å². The second kappa shape index (κ2) is 11.6. The molecule has 0 aromatic carbocycles. The van der Waals surface area contributed by atoms with Crippen LogP contribution >= 0.6 is 0 Å². The van der Waals surface area contributed by atoms with Crippen LogP contribution in [0.4, 0.5) is 0 Å². The number of ether oxygens (including phenoxy) is 1. The van der Waals surface area contributed by atoms with Gasteiger partial charge in [0.2, 0.25) is 0 Å². The molecule has 0 amide bonds. The van der Waals surface area contributed by atoms with Gasteiger partial charge in [-0.1, -0.05) is 64.7 Å². The molecule has 0 bridgehead atoms. The largest absolute Gasteiger partial charge is 0.472 e. The van der Waals surface area contributed by atoms with Crippen LogP contribution in [0.2, 0.25) is 0 Å². The third-order valence-electron chi connectivity index (χ3n) is 3.49. The van der Waals surface area contributed by atoms with Gasteiger partial charge in [-0.2, -0.15) is 0 Å². The molecular weight excluding hydrogens is 252 g/mol. The lowest BCUT2D eigenvalue weighted by atomic mass is 10.1. The zero-order valence-corrected chi connectivity index (χ0v) is 12.7. The fraction of sp³-hybridized carbons (Fsp3) is 0.706. The van der Waals surface area contributed by atoms with Gasteiger partial charge in [0.05, 0.1) is 18.4 Å². The molecule has 0 unspecified atom stereocenters. The van der Waals surface area contributed by atoms with Crippen LogP contribution in [0.15, 0.2) is 23.0 Å². The highest BCUT2D eigenvalue weighted by molar-refractivity contribution is 5.88. The number of esters is 1. The van der Waals surface area contributed by atoms with Crippen LogP contribution < -0.4 is 0 Å². The first-order chi connectivity index (χ1) is 9.84. The first kappa shape index (κ1) is 16.8. The molecule has 0 saturated heterocycles. The number of furan rings is 1. The average molecular weight is 280 g/mol. The summed E-state index contributed by atoms with van der Waals surface area (Å²) in [5.41, 5.74) is 0.497. The summed E-state index contributed by atoms with van der Waals surface area (Å²) in [4.78, 5) is 11.5. The van der Waals surface area contributed by atoms with E-state index in [1.807, 2.05) is 0 Å². The Kier molecular flexibility index (Phi) is 9.72. The minimum atomic E-state index is -0.283. The summed E-state index contributed by atoms with van der Waals surface area (Å²) < 4.78 is 10.0. The van der Waals surface area contributed by atoms with Gasteiger partial charge in [-0.25, -0.2) is 4.79 Å². The van der Waals surface area contributed by atoms with Crippen LogP contribution in [0, 0.1) is 0 Å². The van der Waals surface area contributed by atoms with Crippen LogP contribution in [-0.4, -0.2) is 12.6 Å². The molecule has 114 valence electrons. The summed E-state index contributed by atoms with van der Waals surface area (Å²) in [6.45, 7) is 2.76. The standard InChI is InChI=1S/C17H28O3/c1-2-3-4-5-6-7-8-9-10-11-13-20-17(18)16-12-14-19-15-16/h12,14-15H,2-11,13H2,1H3. The third-order valence-corrected chi connectivity index (χ3v) is 3.49. The summed E-state index contributed by atoms with van der Waals surface area (Å²) in [6, 6.07) is 1.63. The molecule has 0 aliphatic carbocycles. The Labute approximate surface area is 122 Å². The van der Waals surface area contributed by atoms with Gasteiger partial charge in [0.1, 0.15) is 6.26 Å². The second-order valence-electron chi connectivity index (χ2n) is 5.33. The molecule has 0 aliphatic heterocycles. The monoisotopic (exact) mass is 280 g/mol. The van der Waals surface area contributed by atoms with Crippen LogP contribution in [0.25, 0.3) is 0 Å². The van der Waals surface area contributed by atoms with E-state index in [0.717, 1.165) is 12.8 Å². The van der Waals surface area contributed by atoms with Crippen molar-refractivity contribution >= 4 is 5.97 Å². The zero-order valence-electron chi connectivity index (χ0n) is 12.7.